The molecule has 2 aromatic rings. The molecule has 0 unspecified atom stereocenters. The fraction of sp³-hybridized carbons (Fsp3) is 0.133. The molecule has 0 spiro atoms. The molecule has 0 amide bonds. The molecule has 0 radical (unpaired) electrons. The summed E-state index contributed by atoms with van der Waals surface area (Å²) in [5.74, 6) is -0.352. The average Bonchev–Trinajstić information content (AvgIpc) is 2.35. The minimum absolute atomic E-state index is 0.00125. The van der Waals surface area contributed by atoms with Crippen molar-refractivity contribution < 1.29 is 15.0 Å². The molecule has 0 atom stereocenters. The normalized spacial score (nSPS) is 10.3. The molecule has 0 aromatic heterocycles. The summed E-state index contributed by atoms with van der Waals surface area (Å²) in [5.41, 5.74) is 1.58. The molecule has 0 aliphatic heterocycles. The Kier molecular flexibility index (Phi) is 3.33. The van der Waals surface area contributed by atoms with Crippen LogP contribution in [0.15, 0.2) is 42.5 Å². The number of phenols is 2. The van der Waals surface area contributed by atoms with Crippen LogP contribution in [0.3, 0.4) is 0 Å². The number of ketones is 1. The van der Waals surface area contributed by atoms with Gasteiger partial charge in [0.25, 0.3) is 0 Å². The van der Waals surface area contributed by atoms with E-state index in [2.05, 4.69) is 0 Å². The van der Waals surface area contributed by atoms with Crippen LogP contribution in [-0.4, -0.2) is 16.0 Å². The van der Waals surface area contributed by atoms with E-state index in [0.29, 0.717) is 12.0 Å². The van der Waals surface area contributed by atoms with Crippen LogP contribution in [0.4, 0.5) is 0 Å². The second kappa shape index (κ2) is 4.92. The number of carbonyl (C=O) groups is 1. The van der Waals surface area contributed by atoms with Gasteiger partial charge in [-0.2, -0.15) is 0 Å². The van der Waals surface area contributed by atoms with Crippen molar-refractivity contribution in [2.45, 2.75) is 13.3 Å². The third-order valence-corrected chi connectivity index (χ3v) is 2.86. The van der Waals surface area contributed by atoms with Gasteiger partial charge in [0, 0.05) is 12.0 Å². The molecule has 0 saturated carbocycles. The van der Waals surface area contributed by atoms with E-state index in [1.165, 1.54) is 19.1 Å². The lowest BCUT2D eigenvalue weighted by molar-refractivity contribution is 0.101. The van der Waals surface area contributed by atoms with Gasteiger partial charge >= 0.3 is 0 Å². The average molecular weight is 242 g/mol. The van der Waals surface area contributed by atoms with Crippen LogP contribution in [0.5, 0.6) is 11.5 Å². The summed E-state index contributed by atoms with van der Waals surface area (Å²) in [6.07, 6.45) is 0.389. The third-order valence-electron chi connectivity index (χ3n) is 2.86. The van der Waals surface area contributed by atoms with Crippen molar-refractivity contribution >= 4 is 5.78 Å². The Morgan fingerprint density at radius 3 is 2.33 bits per heavy atom. The SMILES string of the molecule is CC(=O)c1ccc(O)c(Cc2ccccc2)c1O. The number of hydrogen-bond donors (Lipinski definition) is 2. The summed E-state index contributed by atoms with van der Waals surface area (Å²) in [5, 5.41) is 19.8. The zero-order valence-corrected chi connectivity index (χ0v) is 10.1. The van der Waals surface area contributed by atoms with Gasteiger partial charge in [0.15, 0.2) is 5.78 Å². The van der Waals surface area contributed by atoms with Gasteiger partial charge in [-0.1, -0.05) is 30.3 Å². The van der Waals surface area contributed by atoms with Crippen LogP contribution >= 0.6 is 0 Å². The van der Waals surface area contributed by atoms with Gasteiger partial charge in [-0.05, 0) is 24.6 Å². The van der Waals surface area contributed by atoms with Crippen molar-refractivity contribution in [3.63, 3.8) is 0 Å². The number of rotatable bonds is 3. The Morgan fingerprint density at radius 2 is 1.72 bits per heavy atom. The molecule has 2 N–H and O–H groups in total. The molecular weight excluding hydrogens is 228 g/mol. The zero-order valence-electron chi connectivity index (χ0n) is 10.1. The van der Waals surface area contributed by atoms with Crippen molar-refractivity contribution in [1.82, 2.24) is 0 Å². The summed E-state index contributed by atoms with van der Waals surface area (Å²) in [6.45, 7) is 1.39. The lowest BCUT2D eigenvalue weighted by Gasteiger charge is -2.10. The molecule has 3 nitrogen and oxygen atoms in total. The zero-order chi connectivity index (χ0) is 13.1. The van der Waals surface area contributed by atoms with Gasteiger partial charge in [-0.15, -0.1) is 0 Å². The second-order valence-electron chi connectivity index (χ2n) is 4.18. The molecule has 18 heavy (non-hydrogen) atoms. The Labute approximate surface area is 105 Å². The first-order valence-electron chi connectivity index (χ1n) is 5.68. The van der Waals surface area contributed by atoms with Crippen LogP contribution in [0, 0.1) is 0 Å². The quantitative estimate of drug-likeness (QED) is 0.814. The number of phenolic OH excluding ortho intramolecular Hbond substituents is 2. The van der Waals surface area contributed by atoms with E-state index < -0.39 is 0 Å². The molecule has 0 fully saturated rings. The van der Waals surface area contributed by atoms with E-state index in [4.69, 9.17) is 0 Å². The molecule has 0 aliphatic carbocycles. The van der Waals surface area contributed by atoms with Crippen LogP contribution < -0.4 is 0 Å². The predicted octanol–water partition coefficient (Wildman–Crippen LogP) is 2.89. The molecule has 0 heterocycles. The highest BCUT2D eigenvalue weighted by molar-refractivity contribution is 5.97. The number of Topliss-reactive ketones (excluding diaryl/α,β-unsaturated/α-hetero) is 1. The van der Waals surface area contributed by atoms with Crippen LogP contribution in [0.25, 0.3) is 0 Å². The van der Waals surface area contributed by atoms with E-state index in [0.717, 1.165) is 5.56 Å². The van der Waals surface area contributed by atoms with Crippen molar-refractivity contribution in [2.75, 3.05) is 0 Å². The maximum Gasteiger partial charge on any atom is 0.163 e. The monoisotopic (exact) mass is 242 g/mol. The van der Waals surface area contributed by atoms with Crippen LogP contribution in [0.2, 0.25) is 0 Å². The number of carbonyl (C=O) groups excluding carboxylic acids is 1. The lowest BCUT2D eigenvalue weighted by atomic mass is 9.99. The van der Waals surface area contributed by atoms with Gasteiger partial charge in [-0.25, -0.2) is 0 Å². The number of aromatic hydroxyl groups is 2. The number of benzene rings is 2. The van der Waals surface area contributed by atoms with Crippen molar-refractivity contribution in [2.24, 2.45) is 0 Å². The Hall–Kier alpha value is -2.29. The molecule has 3 heteroatoms. The summed E-state index contributed by atoms with van der Waals surface area (Å²) in [7, 11) is 0. The maximum atomic E-state index is 11.3. The fourth-order valence-electron chi connectivity index (χ4n) is 1.88. The summed E-state index contributed by atoms with van der Waals surface area (Å²) >= 11 is 0. The second-order valence-corrected chi connectivity index (χ2v) is 4.18. The van der Waals surface area contributed by atoms with Crippen molar-refractivity contribution in [3.05, 3.63) is 59.2 Å². The summed E-state index contributed by atoms with van der Waals surface area (Å²) in [4.78, 5) is 11.3. The highest BCUT2D eigenvalue weighted by atomic mass is 16.3. The highest BCUT2D eigenvalue weighted by Gasteiger charge is 2.15. The molecular formula is C15H14O3. The largest absolute Gasteiger partial charge is 0.508 e. The van der Waals surface area contributed by atoms with Crippen LogP contribution in [-0.2, 0) is 6.42 Å². The Morgan fingerprint density at radius 1 is 1.06 bits per heavy atom. The predicted molar refractivity (Wildman–Crippen MR) is 69.0 cm³/mol. The smallest absolute Gasteiger partial charge is 0.163 e. The van der Waals surface area contributed by atoms with E-state index in [1.807, 2.05) is 30.3 Å². The highest BCUT2D eigenvalue weighted by Crippen LogP contribution is 2.32. The van der Waals surface area contributed by atoms with Crippen molar-refractivity contribution in [3.8, 4) is 11.5 Å². The number of hydrogen-bond acceptors (Lipinski definition) is 3. The van der Waals surface area contributed by atoms with Crippen molar-refractivity contribution in [1.29, 1.82) is 0 Å². The van der Waals surface area contributed by atoms with E-state index in [9.17, 15) is 15.0 Å². The van der Waals surface area contributed by atoms with Gasteiger partial charge in [-0.3, -0.25) is 4.79 Å². The molecule has 2 rings (SSSR count). The topological polar surface area (TPSA) is 57.5 Å². The molecule has 0 bridgehead atoms. The molecule has 2 aromatic carbocycles. The standard InChI is InChI=1S/C15H14O3/c1-10(16)12-7-8-14(17)13(15(12)18)9-11-5-3-2-4-6-11/h2-8,17-18H,9H2,1H3. The van der Waals surface area contributed by atoms with E-state index in [-0.39, 0.29) is 22.8 Å². The first-order valence-corrected chi connectivity index (χ1v) is 5.68. The van der Waals surface area contributed by atoms with Gasteiger partial charge in [0.1, 0.15) is 11.5 Å². The maximum absolute atomic E-state index is 11.3. The van der Waals surface area contributed by atoms with Gasteiger partial charge < -0.3 is 10.2 Å². The van der Waals surface area contributed by atoms with E-state index >= 15 is 0 Å². The van der Waals surface area contributed by atoms with Gasteiger partial charge in [0.2, 0.25) is 0 Å². The molecule has 92 valence electrons. The Bertz CT molecular complexity index is 574. The van der Waals surface area contributed by atoms with Crippen LogP contribution in [0.1, 0.15) is 28.4 Å². The first kappa shape index (κ1) is 12.2. The summed E-state index contributed by atoms with van der Waals surface area (Å²) < 4.78 is 0. The first-order chi connectivity index (χ1) is 8.59. The molecule has 0 aliphatic rings. The Balaban J connectivity index is 2.44. The minimum atomic E-state index is -0.221. The minimum Gasteiger partial charge on any atom is -0.508 e. The summed E-state index contributed by atoms with van der Waals surface area (Å²) in [6, 6.07) is 12.3. The lowest BCUT2D eigenvalue weighted by Crippen LogP contribution is -1.97. The van der Waals surface area contributed by atoms with E-state index in [1.54, 1.807) is 0 Å². The molecule has 0 saturated heterocycles. The fourth-order valence-corrected chi connectivity index (χ4v) is 1.88. The van der Waals surface area contributed by atoms with Gasteiger partial charge in [0.05, 0.1) is 5.56 Å². The third kappa shape index (κ3) is 2.35.